The standard InChI is InChI=1S/C25H31N7O3S/c1-5-6-11-23-22(24(17-35-4)32(28-23)36(33,34)31(2)3)16-18-12-14-19(15-13-18)20-9-7-8-10-21(20)25-26-29-30-27-25/h7-10,12-15H,5-6,11,16-17H2,1-4H3,(H,26,27,29,30). The van der Waals surface area contributed by atoms with E-state index in [0.717, 1.165) is 50.4 Å². The second kappa shape index (κ2) is 11.1. The molecule has 0 saturated heterocycles. The van der Waals surface area contributed by atoms with Gasteiger partial charge in [0, 0.05) is 38.8 Å². The minimum absolute atomic E-state index is 0.151. The number of hydrogen-bond acceptors (Lipinski definition) is 7. The van der Waals surface area contributed by atoms with Crippen LogP contribution in [0.3, 0.4) is 0 Å². The second-order valence-corrected chi connectivity index (χ2v) is 10.7. The van der Waals surface area contributed by atoms with Crippen LogP contribution >= 0.6 is 0 Å². The minimum atomic E-state index is -3.78. The molecule has 10 nitrogen and oxygen atoms in total. The zero-order valence-electron chi connectivity index (χ0n) is 21.0. The first-order chi connectivity index (χ1) is 17.4. The molecule has 2 heterocycles. The van der Waals surface area contributed by atoms with Gasteiger partial charge in [-0.1, -0.05) is 61.9 Å². The molecule has 0 aliphatic carbocycles. The van der Waals surface area contributed by atoms with Gasteiger partial charge in [0.25, 0.3) is 0 Å². The molecule has 0 fully saturated rings. The molecular weight excluding hydrogens is 478 g/mol. The molecule has 0 radical (unpaired) electrons. The van der Waals surface area contributed by atoms with E-state index in [1.807, 2.05) is 24.3 Å². The van der Waals surface area contributed by atoms with Gasteiger partial charge in [0.15, 0.2) is 5.82 Å². The highest BCUT2D eigenvalue weighted by Crippen LogP contribution is 2.30. The van der Waals surface area contributed by atoms with Gasteiger partial charge in [0.1, 0.15) is 0 Å². The van der Waals surface area contributed by atoms with E-state index in [0.29, 0.717) is 24.4 Å². The fourth-order valence-electron chi connectivity index (χ4n) is 4.11. The number of nitrogens with zero attached hydrogens (tertiary/aromatic N) is 6. The van der Waals surface area contributed by atoms with Gasteiger partial charge in [-0.15, -0.1) is 9.19 Å². The maximum absolute atomic E-state index is 13.0. The van der Waals surface area contributed by atoms with Crippen molar-refractivity contribution in [3.8, 4) is 22.5 Å². The van der Waals surface area contributed by atoms with Crippen molar-refractivity contribution in [2.45, 2.75) is 39.2 Å². The summed E-state index contributed by atoms with van der Waals surface area (Å²) in [6.45, 7) is 2.26. The van der Waals surface area contributed by atoms with Crippen molar-refractivity contribution in [2.24, 2.45) is 0 Å². The normalized spacial score (nSPS) is 11.9. The topological polar surface area (TPSA) is 119 Å². The van der Waals surface area contributed by atoms with E-state index in [1.165, 1.54) is 18.4 Å². The first-order valence-corrected chi connectivity index (χ1v) is 13.2. The molecule has 0 spiro atoms. The molecule has 190 valence electrons. The summed E-state index contributed by atoms with van der Waals surface area (Å²) < 4.78 is 33.7. The molecule has 0 unspecified atom stereocenters. The molecular formula is C25H31N7O3S. The van der Waals surface area contributed by atoms with Gasteiger partial charge in [-0.2, -0.15) is 17.8 Å². The van der Waals surface area contributed by atoms with Crippen LogP contribution in [0.1, 0.15) is 42.3 Å². The fourth-order valence-corrected chi connectivity index (χ4v) is 5.06. The van der Waals surface area contributed by atoms with Crippen LogP contribution in [0.2, 0.25) is 0 Å². The van der Waals surface area contributed by atoms with E-state index in [-0.39, 0.29) is 6.61 Å². The molecule has 11 heteroatoms. The first kappa shape index (κ1) is 25.7. The van der Waals surface area contributed by atoms with Gasteiger partial charge < -0.3 is 4.74 Å². The van der Waals surface area contributed by atoms with Crippen LogP contribution in [0, 0.1) is 0 Å². The lowest BCUT2D eigenvalue weighted by atomic mass is 9.96. The monoisotopic (exact) mass is 509 g/mol. The lowest BCUT2D eigenvalue weighted by Gasteiger charge is -2.14. The molecule has 2 aromatic carbocycles. The van der Waals surface area contributed by atoms with Crippen molar-refractivity contribution in [3.05, 3.63) is 71.0 Å². The largest absolute Gasteiger partial charge is 0.378 e. The molecule has 2 aromatic heterocycles. The van der Waals surface area contributed by atoms with E-state index < -0.39 is 10.2 Å². The maximum atomic E-state index is 13.0. The third-order valence-electron chi connectivity index (χ3n) is 6.04. The van der Waals surface area contributed by atoms with Crippen LogP contribution in [-0.2, 0) is 34.4 Å². The first-order valence-electron chi connectivity index (χ1n) is 11.8. The lowest BCUT2D eigenvalue weighted by Crippen LogP contribution is -2.31. The zero-order chi connectivity index (χ0) is 25.7. The molecule has 4 rings (SSSR count). The van der Waals surface area contributed by atoms with Crippen molar-refractivity contribution in [3.63, 3.8) is 0 Å². The minimum Gasteiger partial charge on any atom is -0.378 e. The lowest BCUT2D eigenvalue weighted by molar-refractivity contribution is 0.179. The van der Waals surface area contributed by atoms with Crippen LogP contribution in [0.4, 0.5) is 0 Å². The van der Waals surface area contributed by atoms with E-state index in [4.69, 9.17) is 4.74 Å². The number of aryl methyl sites for hydroxylation is 1. The summed E-state index contributed by atoms with van der Waals surface area (Å²) in [5.74, 6) is 0.606. The Labute approximate surface area is 211 Å². The van der Waals surface area contributed by atoms with E-state index >= 15 is 0 Å². The maximum Gasteiger partial charge on any atom is 0.322 e. The highest BCUT2D eigenvalue weighted by atomic mass is 32.2. The number of hydrogen-bond donors (Lipinski definition) is 1. The van der Waals surface area contributed by atoms with Crippen LogP contribution < -0.4 is 0 Å². The quantitative estimate of drug-likeness (QED) is 0.329. The number of benzene rings is 2. The van der Waals surface area contributed by atoms with Gasteiger partial charge in [-0.05, 0) is 40.0 Å². The van der Waals surface area contributed by atoms with E-state index in [9.17, 15) is 8.42 Å². The van der Waals surface area contributed by atoms with Crippen LogP contribution in [-0.4, -0.2) is 63.7 Å². The summed E-state index contributed by atoms with van der Waals surface area (Å²) in [5, 5.41) is 18.8. The summed E-state index contributed by atoms with van der Waals surface area (Å²) in [5.41, 5.74) is 6.25. The Morgan fingerprint density at radius 3 is 2.39 bits per heavy atom. The van der Waals surface area contributed by atoms with Crippen LogP contribution in [0.15, 0.2) is 48.5 Å². The number of aromatic amines is 1. The summed E-state index contributed by atoms with van der Waals surface area (Å²) in [6.07, 6.45) is 3.16. The summed E-state index contributed by atoms with van der Waals surface area (Å²) in [7, 11) is 0.792. The highest BCUT2D eigenvalue weighted by molar-refractivity contribution is 7.87. The third kappa shape index (κ3) is 5.23. The predicted molar refractivity (Wildman–Crippen MR) is 137 cm³/mol. The number of aromatic nitrogens is 6. The van der Waals surface area contributed by atoms with Gasteiger partial charge >= 0.3 is 10.2 Å². The summed E-state index contributed by atoms with van der Waals surface area (Å²) >= 11 is 0. The Balaban J connectivity index is 1.71. The Bertz CT molecular complexity index is 1400. The molecule has 4 aromatic rings. The smallest absolute Gasteiger partial charge is 0.322 e. The molecule has 0 aliphatic heterocycles. The van der Waals surface area contributed by atoms with Crippen molar-refractivity contribution < 1.29 is 13.2 Å². The van der Waals surface area contributed by atoms with Crippen molar-refractivity contribution in [1.29, 1.82) is 0 Å². The molecule has 36 heavy (non-hydrogen) atoms. The number of unbranched alkanes of at least 4 members (excludes halogenated alkanes) is 1. The van der Waals surface area contributed by atoms with Crippen molar-refractivity contribution in [2.75, 3.05) is 21.2 Å². The molecule has 0 atom stereocenters. The molecule has 0 aliphatic rings. The number of tetrazole rings is 1. The van der Waals surface area contributed by atoms with Crippen molar-refractivity contribution >= 4 is 10.2 Å². The summed E-state index contributed by atoms with van der Waals surface area (Å²) in [4.78, 5) is 0. The number of nitrogens with one attached hydrogen (secondary N) is 1. The second-order valence-electron chi connectivity index (χ2n) is 8.71. The number of ether oxygens (including phenoxy) is 1. The zero-order valence-corrected chi connectivity index (χ0v) is 21.8. The highest BCUT2D eigenvalue weighted by Gasteiger charge is 2.27. The van der Waals surface area contributed by atoms with Crippen LogP contribution in [0.5, 0.6) is 0 Å². The van der Waals surface area contributed by atoms with Gasteiger partial charge in [0.05, 0.1) is 18.0 Å². The average Bonchev–Trinajstić information content (AvgIpc) is 3.53. The fraction of sp³-hybridized carbons (Fsp3) is 0.360. The average molecular weight is 510 g/mol. The van der Waals surface area contributed by atoms with Crippen LogP contribution in [0.25, 0.3) is 22.5 Å². The Morgan fingerprint density at radius 2 is 1.78 bits per heavy atom. The SMILES string of the molecule is CCCCc1nn(S(=O)(=O)N(C)C)c(COC)c1Cc1ccc(-c2ccccc2-c2nnn[nH]2)cc1. The number of methoxy groups -OCH3 is 1. The molecule has 1 N–H and O–H groups in total. The Morgan fingerprint density at radius 1 is 1.06 bits per heavy atom. The Kier molecular flexibility index (Phi) is 7.92. The number of H-pyrrole nitrogens is 1. The third-order valence-corrected chi connectivity index (χ3v) is 7.70. The molecule has 0 saturated carbocycles. The van der Waals surface area contributed by atoms with Crippen molar-refractivity contribution in [1.82, 2.24) is 34.1 Å². The molecule has 0 bridgehead atoms. The number of rotatable bonds is 11. The van der Waals surface area contributed by atoms with E-state index in [2.05, 4.69) is 56.9 Å². The van der Waals surface area contributed by atoms with E-state index in [1.54, 1.807) is 7.11 Å². The van der Waals surface area contributed by atoms with Gasteiger partial charge in [-0.25, -0.2) is 5.10 Å². The Hall–Kier alpha value is -3.41. The summed E-state index contributed by atoms with van der Waals surface area (Å²) in [6, 6.07) is 16.2. The van der Waals surface area contributed by atoms with Gasteiger partial charge in [-0.3, -0.25) is 0 Å². The van der Waals surface area contributed by atoms with Gasteiger partial charge in [0.2, 0.25) is 0 Å². The molecule has 0 amide bonds. The predicted octanol–water partition coefficient (Wildman–Crippen LogP) is 3.46.